The zero-order valence-electron chi connectivity index (χ0n) is 32.7. The smallest absolute Gasteiger partial charge is 0.293 e. The molecule has 1 aromatic carbocycles. The van der Waals surface area contributed by atoms with Crippen LogP contribution in [0.3, 0.4) is 0 Å². The number of pyridine rings is 1. The summed E-state index contributed by atoms with van der Waals surface area (Å²) in [5, 5.41) is 6.10. The fraction of sp³-hybridized carbons (Fsp3) is 0.429. The molecule has 2 fully saturated rings. The Morgan fingerprint density at radius 2 is 1.80 bits per heavy atom. The van der Waals surface area contributed by atoms with Crippen LogP contribution in [0.15, 0.2) is 60.2 Å². The van der Waals surface area contributed by atoms with Crippen molar-refractivity contribution in [3.63, 3.8) is 0 Å². The van der Waals surface area contributed by atoms with Gasteiger partial charge >= 0.3 is 0 Å². The first kappa shape index (κ1) is 37.3. The number of carbonyl (C=O) groups excluding carboxylic acids is 3. The lowest BCUT2D eigenvalue weighted by molar-refractivity contribution is -0.143. The number of fused-ring (bicyclic) bond motifs is 3. The van der Waals surface area contributed by atoms with E-state index in [1.54, 1.807) is 48.4 Å². The zero-order chi connectivity index (χ0) is 39.5. The number of anilines is 4. The van der Waals surface area contributed by atoms with E-state index >= 15 is 0 Å². The van der Waals surface area contributed by atoms with E-state index in [-0.39, 0.29) is 34.6 Å². The summed E-state index contributed by atoms with van der Waals surface area (Å²) in [7, 11) is 3.46. The maximum Gasteiger partial charge on any atom is 0.293 e. The van der Waals surface area contributed by atoms with Gasteiger partial charge in [0.15, 0.2) is 5.82 Å². The Balaban J connectivity index is 1.11. The van der Waals surface area contributed by atoms with Gasteiger partial charge in [-0.05, 0) is 73.9 Å². The Bertz CT molecular complexity index is 2320. The van der Waals surface area contributed by atoms with Crippen LogP contribution in [0, 0.1) is 12.3 Å². The summed E-state index contributed by atoms with van der Waals surface area (Å²) >= 11 is 0. The molecule has 0 radical (unpaired) electrons. The number of nitrogens with one attached hydrogen (secondary N) is 2. The number of hydrogen-bond donors (Lipinski definition) is 2. The highest BCUT2D eigenvalue weighted by atomic mass is 16.5. The average molecular weight is 760 g/mol. The van der Waals surface area contributed by atoms with E-state index in [1.807, 2.05) is 19.1 Å². The lowest BCUT2D eigenvalue weighted by Crippen LogP contribution is -2.55. The molecule has 3 aliphatic heterocycles. The van der Waals surface area contributed by atoms with Gasteiger partial charge in [-0.3, -0.25) is 29.0 Å². The van der Waals surface area contributed by atoms with Gasteiger partial charge in [-0.1, -0.05) is 26.5 Å². The van der Waals surface area contributed by atoms with Gasteiger partial charge in [-0.15, -0.1) is 0 Å². The summed E-state index contributed by atoms with van der Waals surface area (Å²) in [5.74, 6) is 0.0683. The number of nitrogens with zero attached hydrogens (tertiary/aromatic N) is 7. The predicted octanol–water partition coefficient (Wildman–Crippen LogP) is 4.60. The summed E-state index contributed by atoms with van der Waals surface area (Å²) < 4.78 is 9.26. The first-order chi connectivity index (χ1) is 26.8. The maximum absolute atomic E-state index is 13.9. The third-order valence-electron chi connectivity index (χ3n) is 11.8. The molecule has 14 heteroatoms. The summed E-state index contributed by atoms with van der Waals surface area (Å²) in [6.45, 7) is 13.8. The third-order valence-corrected chi connectivity index (χ3v) is 11.8. The van der Waals surface area contributed by atoms with Crippen LogP contribution in [-0.4, -0.2) is 92.6 Å². The van der Waals surface area contributed by atoms with E-state index in [4.69, 9.17) is 9.72 Å². The summed E-state index contributed by atoms with van der Waals surface area (Å²) in [6.07, 6.45) is 8.06. The molecule has 1 aliphatic carbocycles. The van der Waals surface area contributed by atoms with Gasteiger partial charge in [0.05, 0.1) is 5.69 Å². The quantitative estimate of drug-likeness (QED) is 0.246. The largest absolute Gasteiger partial charge is 0.381 e. The van der Waals surface area contributed by atoms with E-state index in [1.165, 1.54) is 21.9 Å². The number of carbonyl (C=O) groups is 3. The minimum absolute atomic E-state index is 0.0548. The van der Waals surface area contributed by atoms with Crippen molar-refractivity contribution >= 4 is 40.7 Å². The Morgan fingerprint density at radius 3 is 2.57 bits per heavy atom. The van der Waals surface area contributed by atoms with Gasteiger partial charge < -0.3 is 29.4 Å². The average Bonchev–Trinajstić information content (AvgIpc) is 3.67. The van der Waals surface area contributed by atoms with Crippen molar-refractivity contribution in [1.29, 1.82) is 0 Å². The van der Waals surface area contributed by atoms with Crippen molar-refractivity contribution in [3.8, 4) is 11.3 Å². The molecule has 14 nitrogen and oxygen atoms in total. The van der Waals surface area contributed by atoms with Crippen LogP contribution in [0.2, 0.25) is 0 Å². The maximum atomic E-state index is 13.9. The van der Waals surface area contributed by atoms with Crippen LogP contribution < -0.4 is 21.1 Å². The number of rotatable bonds is 8. The van der Waals surface area contributed by atoms with Crippen LogP contribution in [0.25, 0.3) is 11.3 Å². The number of amides is 3. The molecule has 2 N–H and O–H groups in total. The highest BCUT2D eigenvalue weighted by Gasteiger charge is 2.40. The fourth-order valence-corrected chi connectivity index (χ4v) is 8.88. The standard InChI is InChI=1S/C42H49N9O5/c1-7-35(52)45-31-21-27(8-9-30(31)36-40(54)47(5)14-15-49(36)28-11-18-56-19-12-28)44-37-41(55)48(6)24-32(46-37)29-10-13-43-38(25(29)2)51-17-16-50-33(39(51)53)20-26-22-42(3,4)23-34(26)50/h7-10,13,20-21,24,28,36H,1,11-12,14-19,22-23H2,2-6H3,(H,44,46)(H,45,52)/t36-/m1/s1. The van der Waals surface area contributed by atoms with Crippen LogP contribution in [0.4, 0.5) is 23.0 Å². The molecule has 3 aromatic heterocycles. The Kier molecular flexibility index (Phi) is 9.65. The number of ether oxygens (including phenoxy) is 1. The van der Waals surface area contributed by atoms with Gasteiger partial charge in [-0.2, -0.15) is 0 Å². The highest BCUT2D eigenvalue weighted by molar-refractivity contribution is 6.06. The number of aryl methyl sites for hydroxylation is 1. The first-order valence-corrected chi connectivity index (χ1v) is 19.3. The molecule has 3 amide bonds. The SMILES string of the molecule is C=CC(=O)Nc1cc(Nc2nc(-c3ccnc(N4CCn5c(cc6c5CC(C)(C)C6)C4=O)c3C)cn(C)c2=O)ccc1[C@@H]1C(=O)N(C)CCN1C1CCOCC1. The van der Waals surface area contributed by atoms with E-state index in [9.17, 15) is 19.2 Å². The van der Waals surface area contributed by atoms with Crippen LogP contribution in [0.5, 0.6) is 0 Å². The molecular formula is C42H49N9O5. The fourth-order valence-electron chi connectivity index (χ4n) is 8.88. The Hall–Kier alpha value is -5.60. The number of aromatic nitrogens is 4. The summed E-state index contributed by atoms with van der Waals surface area (Å²) in [6, 6.07) is 8.77. The lowest BCUT2D eigenvalue weighted by atomic mass is 9.90. The molecule has 56 heavy (non-hydrogen) atoms. The third kappa shape index (κ3) is 6.70. The second kappa shape index (κ2) is 14.5. The number of benzene rings is 1. The minimum Gasteiger partial charge on any atom is -0.381 e. The Morgan fingerprint density at radius 1 is 1.02 bits per heavy atom. The van der Waals surface area contributed by atoms with Crippen LogP contribution >= 0.6 is 0 Å². The monoisotopic (exact) mass is 759 g/mol. The topological polar surface area (TPSA) is 147 Å². The van der Waals surface area contributed by atoms with E-state index in [0.29, 0.717) is 73.5 Å². The molecule has 0 spiro atoms. The van der Waals surface area contributed by atoms with Gasteiger partial charge in [-0.25, -0.2) is 9.97 Å². The first-order valence-electron chi connectivity index (χ1n) is 19.3. The van der Waals surface area contributed by atoms with Gasteiger partial charge in [0.2, 0.25) is 11.8 Å². The summed E-state index contributed by atoms with van der Waals surface area (Å²) in [4.78, 5) is 69.2. The van der Waals surface area contributed by atoms with Crippen molar-refractivity contribution in [2.45, 2.75) is 65.1 Å². The van der Waals surface area contributed by atoms with Crippen molar-refractivity contribution in [1.82, 2.24) is 28.9 Å². The van der Waals surface area contributed by atoms with E-state index < -0.39 is 11.9 Å². The van der Waals surface area contributed by atoms with E-state index in [2.05, 4.69) is 51.6 Å². The summed E-state index contributed by atoms with van der Waals surface area (Å²) in [5.41, 5.74) is 6.64. The molecular weight excluding hydrogens is 711 g/mol. The highest BCUT2D eigenvalue weighted by Crippen LogP contribution is 2.41. The van der Waals surface area contributed by atoms with Crippen molar-refractivity contribution in [2.24, 2.45) is 12.5 Å². The normalized spacial score (nSPS) is 19.8. The molecule has 1 atom stereocenters. The Labute approximate surface area is 326 Å². The molecule has 2 saturated heterocycles. The molecule has 292 valence electrons. The molecule has 8 rings (SSSR count). The van der Waals surface area contributed by atoms with Crippen molar-refractivity contribution in [2.75, 3.05) is 55.4 Å². The number of piperazine rings is 1. The molecule has 0 bridgehead atoms. The zero-order valence-corrected chi connectivity index (χ0v) is 32.7. The number of hydrogen-bond acceptors (Lipinski definition) is 9. The lowest BCUT2D eigenvalue weighted by Gasteiger charge is -2.45. The van der Waals surface area contributed by atoms with Crippen molar-refractivity contribution in [3.05, 3.63) is 93.8 Å². The second-order valence-electron chi connectivity index (χ2n) is 16.2. The molecule has 0 saturated carbocycles. The molecule has 6 heterocycles. The van der Waals surface area contributed by atoms with Crippen LogP contribution in [-0.2, 0) is 40.8 Å². The van der Waals surface area contributed by atoms with Crippen LogP contribution in [0.1, 0.15) is 65.6 Å². The van der Waals surface area contributed by atoms with E-state index in [0.717, 1.165) is 36.8 Å². The number of likely N-dealkylation sites (N-methyl/N-ethyl adjacent to an activating group) is 1. The molecule has 4 aliphatic rings. The minimum atomic E-state index is -0.617. The van der Waals surface area contributed by atoms with Gasteiger partial charge in [0.1, 0.15) is 17.6 Å². The molecule has 0 unspecified atom stereocenters. The van der Waals surface area contributed by atoms with Crippen molar-refractivity contribution < 1.29 is 19.1 Å². The predicted molar refractivity (Wildman–Crippen MR) is 214 cm³/mol. The van der Waals surface area contributed by atoms with Gasteiger partial charge in [0, 0.05) is 106 Å². The second-order valence-corrected chi connectivity index (χ2v) is 16.2. The van der Waals surface area contributed by atoms with Gasteiger partial charge in [0.25, 0.3) is 11.5 Å². The molecule has 4 aromatic rings.